The summed E-state index contributed by atoms with van der Waals surface area (Å²) in [7, 11) is 0. The Balaban J connectivity index is 1.86. The molecule has 0 fully saturated rings. The fraction of sp³-hybridized carbons (Fsp3) is 0.259. The number of carboxylic acid groups (broad SMARTS) is 1. The van der Waals surface area contributed by atoms with E-state index in [9.17, 15) is 24.9 Å². The first-order valence-electron chi connectivity index (χ1n) is 11.9. The molecule has 11 nitrogen and oxygen atoms in total. The number of carbonyl (C=O) groups excluding carboxylic acids is 1. The zero-order valence-corrected chi connectivity index (χ0v) is 20.9. The van der Waals surface area contributed by atoms with Gasteiger partial charge >= 0.3 is 5.97 Å². The third-order valence-electron chi connectivity index (χ3n) is 5.67. The Labute approximate surface area is 219 Å². The molecule has 2 aromatic carbocycles. The molecule has 0 bridgehead atoms. The number of hydrogen-bond donors (Lipinski definition) is 7. The Bertz CT molecular complexity index is 1300. The van der Waals surface area contributed by atoms with E-state index in [1.54, 1.807) is 55.5 Å². The Morgan fingerprint density at radius 2 is 1.89 bits per heavy atom. The number of aromatic nitrogens is 1. The van der Waals surface area contributed by atoms with Gasteiger partial charge in [0.25, 0.3) is 5.91 Å². The molecule has 0 radical (unpaired) electrons. The number of carboxylic acids is 1. The van der Waals surface area contributed by atoms with Gasteiger partial charge in [-0.25, -0.2) is 4.98 Å². The predicted octanol–water partition coefficient (Wildman–Crippen LogP) is 2.50. The third kappa shape index (κ3) is 7.51. The lowest BCUT2D eigenvalue weighted by Crippen LogP contribution is -2.19. The summed E-state index contributed by atoms with van der Waals surface area (Å²) in [6.07, 6.45) is 1.02. The van der Waals surface area contributed by atoms with Gasteiger partial charge in [-0.1, -0.05) is 6.07 Å². The molecular formula is C27H31N5O6. The highest BCUT2D eigenvalue weighted by molar-refractivity contribution is 6.07. The number of nitrogens with two attached hydrogens (primary N) is 1. The molecule has 1 aromatic heterocycles. The van der Waals surface area contributed by atoms with Crippen LogP contribution in [0.25, 0.3) is 0 Å². The average molecular weight is 522 g/mol. The van der Waals surface area contributed by atoms with Crippen molar-refractivity contribution in [1.29, 1.82) is 5.41 Å². The van der Waals surface area contributed by atoms with Crippen molar-refractivity contribution in [2.75, 3.05) is 17.2 Å². The summed E-state index contributed by atoms with van der Waals surface area (Å²) in [5, 5.41) is 41.9. The van der Waals surface area contributed by atoms with Crippen LogP contribution >= 0.6 is 0 Å². The number of aliphatic hydroxyl groups excluding tert-OH is 2. The van der Waals surface area contributed by atoms with Crippen LogP contribution in [0.4, 0.5) is 11.5 Å². The number of amidine groups is 1. The van der Waals surface area contributed by atoms with E-state index in [1.165, 1.54) is 6.20 Å². The van der Waals surface area contributed by atoms with Crippen molar-refractivity contribution in [2.24, 2.45) is 5.73 Å². The molecule has 0 saturated heterocycles. The fourth-order valence-electron chi connectivity index (χ4n) is 3.73. The van der Waals surface area contributed by atoms with E-state index in [4.69, 9.17) is 15.9 Å². The number of rotatable bonds is 13. The number of pyridine rings is 1. The van der Waals surface area contributed by atoms with E-state index in [1.807, 2.05) is 0 Å². The van der Waals surface area contributed by atoms with Crippen molar-refractivity contribution in [3.63, 3.8) is 0 Å². The van der Waals surface area contributed by atoms with Crippen molar-refractivity contribution in [1.82, 2.24) is 4.98 Å². The molecule has 0 aliphatic carbocycles. The van der Waals surface area contributed by atoms with Gasteiger partial charge in [0.2, 0.25) is 0 Å². The maximum Gasteiger partial charge on any atom is 0.303 e. The Kier molecular flexibility index (Phi) is 9.74. The first-order chi connectivity index (χ1) is 18.2. The minimum atomic E-state index is -0.976. The molecule has 0 saturated carbocycles. The van der Waals surface area contributed by atoms with E-state index in [-0.39, 0.29) is 44.0 Å². The zero-order valence-electron chi connectivity index (χ0n) is 20.9. The summed E-state index contributed by atoms with van der Waals surface area (Å²) in [6.45, 7) is 1.34. The monoisotopic (exact) mass is 521 g/mol. The highest BCUT2D eigenvalue weighted by Gasteiger charge is 2.18. The SMILES string of the molecule is CC(CO)Oc1cc(CO)cc(CNc2ncccc2C(=O)Nc2ccc(C(=N)N)cc2)c1CCC(=O)O. The molecule has 8 N–H and O–H groups in total. The van der Waals surface area contributed by atoms with E-state index >= 15 is 0 Å². The van der Waals surface area contributed by atoms with Crippen molar-refractivity contribution >= 4 is 29.2 Å². The number of benzene rings is 2. The van der Waals surface area contributed by atoms with Gasteiger partial charge in [-0.3, -0.25) is 15.0 Å². The summed E-state index contributed by atoms with van der Waals surface area (Å²) < 4.78 is 5.83. The van der Waals surface area contributed by atoms with Gasteiger partial charge < -0.3 is 36.4 Å². The maximum atomic E-state index is 13.0. The minimum absolute atomic E-state index is 0.0750. The van der Waals surface area contributed by atoms with Crippen molar-refractivity contribution in [2.45, 2.75) is 39.0 Å². The number of aliphatic carboxylic acids is 1. The highest BCUT2D eigenvalue weighted by Crippen LogP contribution is 2.29. The van der Waals surface area contributed by atoms with Gasteiger partial charge in [-0.15, -0.1) is 0 Å². The standard InChI is InChI=1S/C27H31N5O6/c1-16(14-33)38-23-12-17(15-34)11-19(21(23)8-9-24(35)36)13-31-26-22(3-2-10-30-26)27(37)32-20-6-4-18(5-7-20)25(28)29/h2-7,10-12,16,33-34H,8-9,13-15H2,1H3,(H3,28,29)(H,30,31)(H,32,37)(H,35,36). The summed E-state index contributed by atoms with van der Waals surface area (Å²) in [5.74, 6) is -0.781. The number of amides is 1. The Morgan fingerprint density at radius 3 is 2.53 bits per heavy atom. The van der Waals surface area contributed by atoms with Gasteiger partial charge in [-0.2, -0.15) is 0 Å². The second-order valence-corrected chi connectivity index (χ2v) is 8.59. The number of anilines is 2. The Hall–Kier alpha value is -4.48. The van der Waals surface area contributed by atoms with Crippen LogP contribution in [0.15, 0.2) is 54.7 Å². The van der Waals surface area contributed by atoms with Crippen molar-refractivity contribution < 1.29 is 29.6 Å². The maximum absolute atomic E-state index is 13.0. The summed E-state index contributed by atoms with van der Waals surface area (Å²) in [6, 6.07) is 13.1. The molecule has 38 heavy (non-hydrogen) atoms. The molecule has 1 amide bonds. The van der Waals surface area contributed by atoms with Crippen LogP contribution in [0.3, 0.4) is 0 Å². The van der Waals surface area contributed by atoms with Crippen LogP contribution in [-0.4, -0.2) is 50.7 Å². The lowest BCUT2D eigenvalue weighted by Gasteiger charge is -2.20. The summed E-state index contributed by atoms with van der Waals surface area (Å²) >= 11 is 0. The molecule has 0 spiro atoms. The van der Waals surface area contributed by atoms with Crippen LogP contribution in [0.1, 0.15) is 46.0 Å². The molecule has 0 aliphatic heterocycles. The van der Waals surface area contributed by atoms with Gasteiger partial charge in [0.1, 0.15) is 23.5 Å². The lowest BCUT2D eigenvalue weighted by atomic mass is 9.98. The zero-order chi connectivity index (χ0) is 27.7. The normalized spacial score (nSPS) is 11.4. The number of hydrogen-bond acceptors (Lipinski definition) is 8. The lowest BCUT2D eigenvalue weighted by molar-refractivity contribution is -0.136. The smallest absolute Gasteiger partial charge is 0.303 e. The van der Waals surface area contributed by atoms with Crippen LogP contribution in [0.5, 0.6) is 5.75 Å². The molecule has 3 rings (SSSR count). The quantitative estimate of drug-likeness (QED) is 0.131. The molecule has 200 valence electrons. The van der Waals surface area contributed by atoms with Crippen molar-refractivity contribution in [3.05, 3.63) is 82.5 Å². The van der Waals surface area contributed by atoms with E-state index in [0.717, 1.165) is 0 Å². The summed E-state index contributed by atoms with van der Waals surface area (Å²) in [4.78, 5) is 28.6. The molecular weight excluding hydrogens is 490 g/mol. The molecule has 0 aliphatic rings. The first-order valence-corrected chi connectivity index (χ1v) is 11.9. The molecule has 1 unspecified atom stereocenters. The van der Waals surface area contributed by atoms with Gasteiger partial charge in [0, 0.05) is 30.4 Å². The number of carbonyl (C=O) groups is 2. The second-order valence-electron chi connectivity index (χ2n) is 8.59. The third-order valence-corrected chi connectivity index (χ3v) is 5.67. The van der Waals surface area contributed by atoms with Crippen LogP contribution in [0.2, 0.25) is 0 Å². The van der Waals surface area contributed by atoms with Crippen LogP contribution < -0.4 is 21.1 Å². The van der Waals surface area contributed by atoms with E-state index in [2.05, 4.69) is 15.6 Å². The average Bonchev–Trinajstić information content (AvgIpc) is 2.91. The molecule has 3 aromatic rings. The largest absolute Gasteiger partial charge is 0.488 e. The van der Waals surface area contributed by atoms with Gasteiger partial charge in [0.15, 0.2) is 0 Å². The minimum Gasteiger partial charge on any atom is -0.488 e. The highest BCUT2D eigenvalue weighted by atomic mass is 16.5. The molecule has 1 heterocycles. The number of nitrogen functional groups attached to an aromatic ring is 1. The van der Waals surface area contributed by atoms with Crippen LogP contribution in [0, 0.1) is 5.41 Å². The summed E-state index contributed by atoms with van der Waals surface area (Å²) in [5.41, 5.74) is 8.63. The van der Waals surface area contributed by atoms with Gasteiger partial charge in [0.05, 0.1) is 18.8 Å². The number of nitrogens with one attached hydrogen (secondary N) is 3. The topological polar surface area (TPSA) is 191 Å². The second kappa shape index (κ2) is 13.2. The van der Waals surface area contributed by atoms with Crippen molar-refractivity contribution in [3.8, 4) is 5.75 Å². The fourth-order valence-corrected chi connectivity index (χ4v) is 3.73. The number of nitrogens with zero attached hydrogens (tertiary/aromatic N) is 1. The van der Waals surface area contributed by atoms with E-state index in [0.29, 0.717) is 39.5 Å². The Morgan fingerprint density at radius 1 is 1.16 bits per heavy atom. The predicted molar refractivity (Wildman–Crippen MR) is 142 cm³/mol. The number of ether oxygens (including phenoxy) is 1. The molecule has 11 heteroatoms. The van der Waals surface area contributed by atoms with E-state index < -0.39 is 18.0 Å². The first kappa shape index (κ1) is 28.1. The molecule has 1 atom stereocenters. The number of aliphatic hydroxyl groups is 2. The van der Waals surface area contributed by atoms with Gasteiger partial charge in [-0.05, 0) is 72.5 Å². The van der Waals surface area contributed by atoms with Crippen LogP contribution in [-0.2, 0) is 24.4 Å².